The summed E-state index contributed by atoms with van der Waals surface area (Å²) in [5.74, 6) is -1.36. The maximum Gasteiger partial charge on any atom is 0.389 e. The number of nitrogens with zero attached hydrogens (tertiary/aromatic N) is 2. The van der Waals surface area contributed by atoms with Crippen molar-refractivity contribution >= 4 is 27.5 Å². The Morgan fingerprint density at radius 1 is 1.15 bits per heavy atom. The third-order valence-corrected chi connectivity index (χ3v) is 9.26. The van der Waals surface area contributed by atoms with Gasteiger partial charge in [0.2, 0.25) is 5.91 Å². The van der Waals surface area contributed by atoms with Crippen LogP contribution in [0.1, 0.15) is 63.2 Å². The number of anilines is 1. The summed E-state index contributed by atoms with van der Waals surface area (Å²) in [7, 11) is -2.54. The zero-order chi connectivity index (χ0) is 34.1. The Morgan fingerprint density at radius 3 is 2.50 bits per heavy atom. The van der Waals surface area contributed by atoms with Crippen LogP contribution in [0, 0.1) is 5.92 Å². The third kappa shape index (κ3) is 10.9. The first kappa shape index (κ1) is 37.1. The van der Waals surface area contributed by atoms with E-state index in [9.17, 15) is 36.3 Å². The lowest BCUT2D eigenvalue weighted by molar-refractivity contribution is -0.149. The van der Waals surface area contributed by atoms with Gasteiger partial charge in [-0.3, -0.25) is 14.3 Å². The van der Waals surface area contributed by atoms with Crippen molar-refractivity contribution in [3.63, 3.8) is 0 Å². The summed E-state index contributed by atoms with van der Waals surface area (Å²) in [5, 5.41) is 10.1. The van der Waals surface area contributed by atoms with Gasteiger partial charge in [0, 0.05) is 44.8 Å². The van der Waals surface area contributed by atoms with Crippen LogP contribution in [0.25, 0.3) is 0 Å². The first-order valence-electron chi connectivity index (χ1n) is 15.3. The SMILES string of the molecule is C[C@@H]1CN([C@@H](C)CO)C(=O)c2cc(NS(=O)(=O)c3ccccc3)ccc2O[C@@H](C)CCCCO[C@H]1CN(C)C(=O)CCC(F)(F)F. The summed E-state index contributed by atoms with van der Waals surface area (Å²) in [4.78, 5) is 29.4. The van der Waals surface area contributed by atoms with Crippen LogP contribution in [0.2, 0.25) is 0 Å². The van der Waals surface area contributed by atoms with Gasteiger partial charge in [-0.25, -0.2) is 8.42 Å². The van der Waals surface area contributed by atoms with Crippen molar-refractivity contribution in [1.82, 2.24) is 9.80 Å². The van der Waals surface area contributed by atoms with Gasteiger partial charge in [0.25, 0.3) is 15.9 Å². The number of amides is 2. The second-order valence-electron chi connectivity index (χ2n) is 11.8. The Hall–Kier alpha value is -3.36. The molecular formula is C32H44F3N3O7S. The number of likely N-dealkylation sites (N-methyl/N-ethyl adjacent to an activating group) is 1. The number of halogens is 3. The fourth-order valence-electron chi connectivity index (χ4n) is 5.07. The zero-order valence-electron chi connectivity index (χ0n) is 26.6. The van der Waals surface area contributed by atoms with Crippen molar-refractivity contribution in [3.05, 3.63) is 54.1 Å². The van der Waals surface area contributed by atoms with Crippen LogP contribution in [-0.4, -0.2) is 92.9 Å². The van der Waals surface area contributed by atoms with Gasteiger partial charge in [0.15, 0.2) is 0 Å². The molecule has 2 aromatic carbocycles. The highest BCUT2D eigenvalue weighted by Gasteiger charge is 2.32. The van der Waals surface area contributed by atoms with Gasteiger partial charge in [0.1, 0.15) is 5.75 Å². The first-order valence-corrected chi connectivity index (χ1v) is 16.8. The summed E-state index contributed by atoms with van der Waals surface area (Å²) >= 11 is 0. The molecule has 0 radical (unpaired) electrons. The lowest BCUT2D eigenvalue weighted by Crippen LogP contribution is -2.48. The van der Waals surface area contributed by atoms with Crippen molar-refractivity contribution in [2.45, 2.75) is 82.2 Å². The molecule has 0 aromatic heterocycles. The highest BCUT2D eigenvalue weighted by atomic mass is 32.2. The zero-order valence-corrected chi connectivity index (χ0v) is 27.4. The topological polar surface area (TPSA) is 125 Å². The Bertz CT molecular complexity index is 1410. The van der Waals surface area contributed by atoms with Crippen LogP contribution in [0.3, 0.4) is 0 Å². The number of sulfonamides is 1. The van der Waals surface area contributed by atoms with Crippen molar-refractivity contribution < 1.29 is 45.8 Å². The van der Waals surface area contributed by atoms with Crippen LogP contribution in [-0.2, 0) is 19.6 Å². The number of hydrogen-bond acceptors (Lipinski definition) is 7. The molecule has 0 fully saturated rings. The van der Waals surface area contributed by atoms with Crippen LogP contribution in [0.4, 0.5) is 18.9 Å². The number of fused-ring (bicyclic) bond motifs is 1. The van der Waals surface area contributed by atoms with E-state index in [2.05, 4.69) is 4.72 Å². The van der Waals surface area contributed by atoms with E-state index in [0.717, 1.165) is 0 Å². The first-order chi connectivity index (χ1) is 21.6. The summed E-state index contributed by atoms with van der Waals surface area (Å²) in [6.45, 7) is 5.33. The molecule has 14 heteroatoms. The highest BCUT2D eigenvalue weighted by molar-refractivity contribution is 7.92. The van der Waals surface area contributed by atoms with Gasteiger partial charge in [-0.2, -0.15) is 13.2 Å². The number of alkyl halides is 3. The number of ether oxygens (including phenoxy) is 2. The van der Waals surface area contributed by atoms with Gasteiger partial charge in [-0.05, 0) is 63.4 Å². The molecule has 1 aliphatic rings. The molecule has 256 valence electrons. The fourth-order valence-corrected chi connectivity index (χ4v) is 6.14. The van der Waals surface area contributed by atoms with Crippen LogP contribution >= 0.6 is 0 Å². The molecule has 0 saturated heterocycles. The fraction of sp³-hybridized carbons (Fsp3) is 0.562. The lowest BCUT2D eigenvalue weighted by atomic mass is 10.0. The summed E-state index contributed by atoms with van der Waals surface area (Å²) in [6.07, 6.45) is -5.30. The average Bonchev–Trinajstić information content (AvgIpc) is 3.01. The Kier molecular flexibility index (Phi) is 13.3. The molecule has 0 aliphatic carbocycles. The van der Waals surface area contributed by atoms with Gasteiger partial charge < -0.3 is 24.4 Å². The summed E-state index contributed by atoms with van der Waals surface area (Å²) in [5.41, 5.74) is 0.222. The molecular weight excluding hydrogens is 627 g/mol. The molecule has 2 N–H and O–H groups in total. The maximum atomic E-state index is 14.2. The van der Waals surface area contributed by atoms with Gasteiger partial charge >= 0.3 is 6.18 Å². The molecule has 0 unspecified atom stereocenters. The normalized spacial score (nSPS) is 21.0. The lowest BCUT2D eigenvalue weighted by Gasteiger charge is -2.36. The predicted molar refractivity (Wildman–Crippen MR) is 167 cm³/mol. The van der Waals surface area contributed by atoms with E-state index >= 15 is 0 Å². The number of rotatable bonds is 9. The van der Waals surface area contributed by atoms with Crippen LogP contribution in [0.5, 0.6) is 5.75 Å². The van der Waals surface area contributed by atoms with E-state index in [1.165, 1.54) is 47.2 Å². The summed E-state index contributed by atoms with van der Waals surface area (Å²) < 4.78 is 79.1. The number of nitrogens with one attached hydrogen (secondary N) is 1. The number of carbonyl (C=O) groups is 2. The van der Waals surface area contributed by atoms with E-state index in [-0.39, 0.29) is 47.7 Å². The second kappa shape index (κ2) is 16.5. The van der Waals surface area contributed by atoms with E-state index in [1.807, 2.05) is 6.92 Å². The Morgan fingerprint density at radius 2 is 1.85 bits per heavy atom. The van der Waals surface area contributed by atoms with E-state index in [1.54, 1.807) is 32.0 Å². The Balaban J connectivity index is 1.95. The van der Waals surface area contributed by atoms with E-state index in [0.29, 0.717) is 25.9 Å². The van der Waals surface area contributed by atoms with Crippen molar-refractivity contribution in [1.29, 1.82) is 0 Å². The smallest absolute Gasteiger partial charge is 0.389 e. The molecule has 1 heterocycles. The minimum atomic E-state index is -4.45. The molecule has 1 aliphatic heterocycles. The molecule has 10 nitrogen and oxygen atoms in total. The van der Waals surface area contributed by atoms with Crippen molar-refractivity contribution in [2.24, 2.45) is 5.92 Å². The number of aliphatic hydroxyl groups excluding tert-OH is 1. The molecule has 2 amide bonds. The Labute approximate surface area is 268 Å². The molecule has 4 atom stereocenters. The van der Waals surface area contributed by atoms with E-state index in [4.69, 9.17) is 9.47 Å². The molecule has 2 aromatic rings. The minimum Gasteiger partial charge on any atom is -0.490 e. The molecule has 46 heavy (non-hydrogen) atoms. The molecule has 0 bridgehead atoms. The van der Waals surface area contributed by atoms with Crippen molar-refractivity contribution in [3.8, 4) is 5.75 Å². The number of carbonyl (C=O) groups excluding carboxylic acids is 2. The summed E-state index contributed by atoms with van der Waals surface area (Å²) in [6, 6.07) is 11.6. The quantitative estimate of drug-likeness (QED) is 0.381. The maximum absolute atomic E-state index is 14.2. The highest BCUT2D eigenvalue weighted by Crippen LogP contribution is 2.30. The average molecular weight is 672 g/mol. The number of aliphatic hydroxyl groups is 1. The van der Waals surface area contributed by atoms with E-state index < -0.39 is 58.9 Å². The molecule has 0 saturated carbocycles. The van der Waals surface area contributed by atoms with Crippen LogP contribution < -0.4 is 9.46 Å². The van der Waals surface area contributed by atoms with Gasteiger partial charge in [-0.15, -0.1) is 0 Å². The number of benzene rings is 2. The van der Waals surface area contributed by atoms with Crippen molar-refractivity contribution in [2.75, 3.05) is 38.1 Å². The second-order valence-corrected chi connectivity index (χ2v) is 13.5. The predicted octanol–water partition coefficient (Wildman–Crippen LogP) is 5.08. The largest absolute Gasteiger partial charge is 0.490 e. The van der Waals surface area contributed by atoms with Gasteiger partial charge in [-0.1, -0.05) is 25.1 Å². The van der Waals surface area contributed by atoms with Gasteiger partial charge in [0.05, 0.1) is 41.7 Å². The standard InChI is InChI=1S/C32H44F3N3O7S/c1-22-19-38(23(2)21-39)31(41)27-18-25(36-46(42,43)26-11-6-5-7-12-26)13-14-28(27)45-24(3)10-8-9-17-44-29(22)20-37(4)30(40)15-16-32(33,34)35/h5-7,11-14,18,22-24,29,36,39H,8-10,15-17,19-21H2,1-4H3/t22-,23+,24+,29+/m1/s1. The monoisotopic (exact) mass is 671 g/mol. The molecule has 0 spiro atoms. The molecule has 3 rings (SSSR count). The minimum absolute atomic E-state index is 0.00884. The van der Waals surface area contributed by atoms with Crippen LogP contribution in [0.15, 0.2) is 53.4 Å². The third-order valence-electron chi connectivity index (χ3n) is 7.86. The number of hydrogen-bond donors (Lipinski definition) is 2.